The average Bonchev–Trinajstić information content (AvgIpc) is 3.17. The summed E-state index contributed by atoms with van der Waals surface area (Å²) >= 11 is 3.03. The first-order valence-electron chi connectivity index (χ1n) is 7.30. The molecule has 4 nitrogen and oxygen atoms in total. The van der Waals surface area contributed by atoms with Crippen LogP contribution in [-0.4, -0.2) is 22.2 Å². The molecule has 1 heterocycles. The highest BCUT2D eigenvalue weighted by Gasteiger charge is 2.41. The Morgan fingerprint density at radius 1 is 1.45 bits per heavy atom. The van der Waals surface area contributed by atoms with Gasteiger partial charge in [-0.3, -0.25) is 9.48 Å². The van der Waals surface area contributed by atoms with Crippen LogP contribution in [0.3, 0.4) is 0 Å². The lowest BCUT2D eigenvalue weighted by atomic mass is 10.2. The number of carbonyl (C=O) groups excluding carboxylic acids is 1. The normalized spacial score (nSPS) is 15.4. The van der Waals surface area contributed by atoms with Gasteiger partial charge in [0.1, 0.15) is 0 Å². The summed E-state index contributed by atoms with van der Waals surface area (Å²) in [5.41, 5.74) is -0.346. The SMILES string of the molecule is CC(C)CNC(=O)CCn1nc(C(F)(F)F)c(Br)c1C1CC1. The number of hydrogen-bond donors (Lipinski definition) is 1. The smallest absolute Gasteiger partial charge is 0.356 e. The second-order valence-electron chi connectivity index (χ2n) is 5.99. The van der Waals surface area contributed by atoms with Gasteiger partial charge in [0.05, 0.1) is 16.7 Å². The number of rotatable bonds is 6. The van der Waals surface area contributed by atoms with Gasteiger partial charge in [-0.15, -0.1) is 0 Å². The minimum atomic E-state index is -4.49. The summed E-state index contributed by atoms with van der Waals surface area (Å²) in [6.45, 7) is 4.67. The summed E-state index contributed by atoms with van der Waals surface area (Å²) in [4.78, 5) is 11.7. The fourth-order valence-electron chi connectivity index (χ4n) is 2.17. The molecule has 0 atom stereocenters. The molecular formula is C14H19BrF3N3O. The van der Waals surface area contributed by atoms with Crippen molar-refractivity contribution in [1.29, 1.82) is 0 Å². The largest absolute Gasteiger partial charge is 0.436 e. The lowest BCUT2D eigenvalue weighted by Crippen LogP contribution is -2.28. The van der Waals surface area contributed by atoms with Crippen molar-refractivity contribution >= 4 is 21.8 Å². The van der Waals surface area contributed by atoms with Gasteiger partial charge in [-0.2, -0.15) is 18.3 Å². The molecule has 1 fully saturated rings. The summed E-state index contributed by atoms with van der Waals surface area (Å²) in [7, 11) is 0. The number of nitrogens with one attached hydrogen (secondary N) is 1. The predicted octanol–water partition coefficient (Wildman–Crippen LogP) is 3.70. The molecule has 1 amide bonds. The minimum absolute atomic E-state index is 0.0186. The Morgan fingerprint density at radius 3 is 2.59 bits per heavy atom. The molecule has 1 N–H and O–H groups in total. The van der Waals surface area contributed by atoms with E-state index >= 15 is 0 Å². The van der Waals surface area contributed by atoms with E-state index in [1.807, 2.05) is 13.8 Å². The highest BCUT2D eigenvalue weighted by Crippen LogP contribution is 2.46. The van der Waals surface area contributed by atoms with Gasteiger partial charge in [0.2, 0.25) is 5.91 Å². The summed E-state index contributed by atoms with van der Waals surface area (Å²) in [6.07, 6.45) is -2.65. The fourth-order valence-corrected chi connectivity index (χ4v) is 3.00. The first-order valence-corrected chi connectivity index (χ1v) is 8.09. The monoisotopic (exact) mass is 381 g/mol. The van der Waals surface area contributed by atoms with Crippen LogP contribution < -0.4 is 5.32 Å². The average molecular weight is 382 g/mol. The van der Waals surface area contributed by atoms with E-state index < -0.39 is 11.9 Å². The van der Waals surface area contributed by atoms with Crippen molar-refractivity contribution in [2.24, 2.45) is 5.92 Å². The number of aryl methyl sites for hydroxylation is 1. The molecule has 1 aliphatic rings. The molecule has 1 aliphatic carbocycles. The molecule has 1 saturated carbocycles. The summed E-state index contributed by atoms with van der Waals surface area (Å²) in [6, 6.07) is 0. The van der Waals surface area contributed by atoms with Gasteiger partial charge >= 0.3 is 6.18 Å². The highest BCUT2D eigenvalue weighted by molar-refractivity contribution is 9.10. The van der Waals surface area contributed by atoms with E-state index in [1.54, 1.807) is 0 Å². The van der Waals surface area contributed by atoms with Crippen LogP contribution in [0, 0.1) is 5.92 Å². The zero-order valence-electron chi connectivity index (χ0n) is 12.5. The van der Waals surface area contributed by atoms with Crippen molar-refractivity contribution in [2.45, 2.75) is 51.7 Å². The van der Waals surface area contributed by atoms with Gasteiger partial charge in [-0.05, 0) is 34.7 Å². The van der Waals surface area contributed by atoms with Crippen molar-refractivity contribution in [3.05, 3.63) is 15.9 Å². The van der Waals surface area contributed by atoms with Gasteiger partial charge < -0.3 is 5.32 Å². The van der Waals surface area contributed by atoms with Crippen molar-refractivity contribution in [1.82, 2.24) is 15.1 Å². The Bertz CT molecular complexity index is 550. The molecule has 1 aromatic heterocycles. The Hall–Kier alpha value is -1.05. The first kappa shape index (κ1) is 17.3. The molecule has 0 saturated heterocycles. The molecule has 0 spiro atoms. The van der Waals surface area contributed by atoms with E-state index in [9.17, 15) is 18.0 Å². The Balaban J connectivity index is 2.08. The Morgan fingerprint density at radius 2 is 2.09 bits per heavy atom. The summed E-state index contributed by atoms with van der Waals surface area (Å²) < 4.78 is 40.2. The third-order valence-corrected chi connectivity index (χ3v) is 4.20. The van der Waals surface area contributed by atoms with Crippen molar-refractivity contribution in [2.75, 3.05) is 6.54 Å². The van der Waals surface area contributed by atoms with Gasteiger partial charge in [0, 0.05) is 18.9 Å². The summed E-state index contributed by atoms with van der Waals surface area (Å²) in [5.74, 6) is 0.272. The molecule has 22 heavy (non-hydrogen) atoms. The highest BCUT2D eigenvalue weighted by atomic mass is 79.9. The maximum Gasteiger partial charge on any atom is 0.436 e. The zero-order chi connectivity index (χ0) is 16.5. The van der Waals surface area contributed by atoms with Gasteiger partial charge in [-0.25, -0.2) is 0 Å². The van der Waals surface area contributed by atoms with Crippen LogP contribution in [0.2, 0.25) is 0 Å². The number of carbonyl (C=O) groups is 1. The topological polar surface area (TPSA) is 46.9 Å². The van der Waals surface area contributed by atoms with Crippen molar-refractivity contribution in [3.63, 3.8) is 0 Å². The molecule has 2 rings (SSSR count). The van der Waals surface area contributed by atoms with E-state index in [0.29, 0.717) is 18.2 Å². The van der Waals surface area contributed by atoms with Crippen molar-refractivity contribution < 1.29 is 18.0 Å². The predicted molar refractivity (Wildman–Crippen MR) is 79.4 cm³/mol. The van der Waals surface area contributed by atoms with Crippen LogP contribution in [0.4, 0.5) is 13.2 Å². The molecule has 124 valence electrons. The third kappa shape index (κ3) is 4.24. The molecule has 0 aromatic carbocycles. The van der Waals surface area contributed by atoms with Crippen molar-refractivity contribution in [3.8, 4) is 0 Å². The molecule has 0 bridgehead atoms. The zero-order valence-corrected chi connectivity index (χ0v) is 14.1. The number of halogens is 4. The Kier molecular flexibility index (Phi) is 5.19. The van der Waals surface area contributed by atoms with E-state index in [0.717, 1.165) is 12.8 Å². The standard InChI is InChI=1S/C14H19BrF3N3O/c1-8(2)7-19-10(22)5-6-21-12(9-3-4-9)11(15)13(20-21)14(16,17)18/h8-9H,3-7H2,1-2H3,(H,19,22). The minimum Gasteiger partial charge on any atom is -0.356 e. The van der Waals surface area contributed by atoms with Crippen LogP contribution in [0.25, 0.3) is 0 Å². The number of amides is 1. The van der Waals surface area contributed by atoms with E-state index in [-0.39, 0.29) is 29.3 Å². The Labute approximate surface area is 135 Å². The van der Waals surface area contributed by atoms with Gasteiger partial charge in [0.25, 0.3) is 0 Å². The summed E-state index contributed by atoms with van der Waals surface area (Å²) in [5, 5.41) is 6.43. The van der Waals surface area contributed by atoms with Crippen LogP contribution >= 0.6 is 15.9 Å². The van der Waals surface area contributed by atoms with E-state index in [2.05, 4.69) is 26.3 Å². The molecule has 1 aromatic rings. The lowest BCUT2D eigenvalue weighted by Gasteiger charge is -2.09. The number of alkyl halides is 3. The van der Waals surface area contributed by atoms with Gasteiger partial charge in [-0.1, -0.05) is 13.8 Å². The maximum atomic E-state index is 12.9. The van der Waals surface area contributed by atoms with Gasteiger partial charge in [0.15, 0.2) is 5.69 Å². The van der Waals surface area contributed by atoms with E-state index in [1.165, 1.54) is 4.68 Å². The second-order valence-corrected chi connectivity index (χ2v) is 6.78. The number of nitrogens with zero attached hydrogens (tertiary/aromatic N) is 2. The molecule has 0 radical (unpaired) electrons. The molecule has 0 aliphatic heterocycles. The molecule has 0 unspecified atom stereocenters. The number of hydrogen-bond acceptors (Lipinski definition) is 2. The van der Waals surface area contributed by atoms with Crippen LogP contribution in [0.1, 0.15) is 50.4 Å². The second kappa shape index (κ2) is 6.60. The number of aromatic nitrogens is 2. The fraction of sp³-hybridized carbons (Fsp3) is 0.714. The van der Waals surface area contributed by atoms with Crippen LogP contribution in [0.15, 0.2) is 4.47 Å². The molecular weight excluding hydrogens is 363 g/mol. The molecule has 8 heteroatoms. The first-order chi connectivity index (χ1) is 10.2. The van der Waals surface area contributed by atoms with Crippen LogP contribution in [0.5, 0.6) is 0 Å². The van der Waals surface area contributed by atoms with Crippen LogP contribution in [-0.2, 0) is 17.5 Å². The third-order valence-electron chi connectivity index (χ3n) is 3.42. The lowest BCUT2D eigenvalue weighted by molar-refractivity contribution is -0.142. The maximum absolute atomic E-state index is 12.9. The van der Waals surface area contributed by atoms with E-state index in [4.69, 9.17) is 0 Å². The quantitative estimate of drug-likeness (QED) is 0.816.